The number of anilines is 1. The molecule has 11 heteroatoms. The zero-order valence-electron chi connectivity index (χ0n) is 23.3. The van der Waals surface area contributed by atoms with E-state index in [1.807, 2.05) is 6.92 Å². The maximum Gasteiger partial charge on any atom is 0.264 e. The minimum absolute atomic E-state index is 0.0406. The Morgan fingerprint density at radius 1 is 0.929 bits per heavy atom. The second kappa shape index (κ2) is 14.7. The third-order valence-electron chi connectivity index (χ3n) is 7.45. The Labute approximate surface area is 266 Å². The van der Waals surface area contributed by atoms with Crippen molar-refractivity contribution >= 4 is 66.7 Å². The van der Waals surface area contributed by atoms with E-state index in [1.165, 1.54) is 17.0 Å². The molecule has 1 atom stereocenters. The first-order valence-electron chi connectivity index (χ1n) is 14.0. The highest BCUT2D eigenvalue weighted by atomic mass is 79.9. The van der Waals surface area contributed by atoms with Crippen molar-refractivity contribution in [1.29, 1.82) is 0 Å². The Balaban J connectivity index is 1.72. The largest absolute Gasteiger partial charge is 0.352 e. The lowest BCUT2D eigenvalue weighted by atomic mass is 9.95. The van der Waals surface area contributed by atoms with Crippen LogP contribution in [0.2, 0.25) is 10.0 Å². The van der Waals surface area contributed by atoms with E-state index in [9.17, 15) is 18.0 Å². The number of hydrogen-bond acceptors (Lipinski definition) is 4. The van der Waals surface area contributed by atoms with E-state index in [1.54, 1.807) is 60.7 Å². The minimum atomic E-state index is -4.14. The number of nitrogens with one attached hydrogen (secondary N) is 1. The average Bonchev–Trinajstić information content (AvgIpc) is 2.98. The molecule has 1 aliphatic rings. The molecular formula is C31H34BrCl2N3O4S. The lowest BCUT2D eigenvalue weighted by molar-refractivity contribution is -0.140. The van der Waals surface area contributed by atoms with Gasteiger partial charge in [0.25, 0.3) is 10.0 Å². The van der Waals surface area contributed by atoms with Gasteiger partial charge in [0, 0.05) is 32.7 Å². The molecule has 3 aromatic rings. The summed E-state index contributed by atoms with van der Waals surface area (Å²) in [5.74, 6) is -0.832. The summed E-state index contributed by atoms with van der Waals surface area (Å²) in [6.07, 6.45) is 5.31. The third-order valence-corrected chi connectivity index (χ3v) is 10.5. The fraction of sp³-hybridized carbons (Fsp3) is 0.355. The van der Waals surface area contributed by atoms with E-state index in [0.29, 0.717) is 27.7 Å². The van der Waals surface area contributed by atoms with Crippen LogP contribution in [0.1, 0.15) is 51.0 Å². The van der Waals surface area contributed by atoms with Gasteiger partial charge in [-0.15, -0.1) is 0 Å². The van der Waals surface area contributed by atoms with Gasteiger partial charge >= 0.3 is 0 Å². The van der Waals surface area contributed by atoms with Gasteiger partial charge in [0.05, 0.1) is 10.6 Å². The van der Waals surface area contributed by atoms with E-state index in [0.717, 1.165) is 40.9 Å². The quantitative estimate of drug-likeness (QED) is 0.230. The summed E-state index contributed by atoms with van der Waals surface area (Å²) in [4.78, 5) is 29.3. The molecule has 42 heavy (non-hydrogen) atoms. The molecule has 4 rings (SSSR count). The number of carbonyl (C=O) groups is 2. The highest BCUT2D eigenvalue weighted by Gasteiger charge is 2.35. The lowest BCUT2D eigenvalue weighted by Crippen LogP contribution is -2.54. The predicted molar refractivity (Wildman–Crippen MR) is 171 cm³/mol. The van der Waals surface area contributed by atoms with Gasteiger partial charge < -0.3 is 10.2 Å². The zero-order chi connectivity index (χ0) is 30.3. The molecule has 3 aromatic carbocycles. The molecule has 0 aromatic heterocycles. The summed E-state index contributed by atoms with van der Waals surface area (Å²) in [6, 6.07) is 18.8. The van der Waals surface area contributed by atoms with Crippen molar-refractivity contribution in [3.05, 3.63) is 92.9 Å². The fourth-order valence-corrected chi connectivity index (χ4v) is 7.39. The summed E-state index contributed by atoms with van der Waals surface area (Å²) in [5, 5.41) is 3.83. The van der Waals surface area contributed by atoms with Crippen molar-refractivity contribution in [2.75, 3.05) is 10.8 Å². The first-order valence-corrected chi connectivity index (χ1v) is 17.0. The number of carbonyl (C=O) groups excluding carboxylic acids is 2. The molecule has 0 saturated heterocycles. The summed E-state index contributed by atoms with van der Waals surface area (Å²) in [7, 11) is -4.14. The van der Waals surface area contributed by atoms with Crippen molar-refractivity contribution in [3.8, 4) is 0 Å². The Hall–Kier alpha value is -2.59. The monoisotopic (exact) mass is 693 g/mol. The maximum absolute atomic E-state index is 14.2. The molecule has 0 bridgehead atoms. The minimum Gasteiger partial charge on any atom is -0.352 e. The first-order chi connectivity index (χ1) is 20.1. The number of hydrogen-bond donors (Lipinski definition) is 1. The smallest absolute Gasteiger partial charge is 0.264 e. The summed E-state index contributed by atoms with van der Waals surface area (Å²) >= 11 is 16.4. The second-order valence-electron chi connectivity index (χ2n) is 10.3. The SMILES string of the molecule is CCC(C(=O)NC1CCCCC1)N(Cc1c(Cl)cccc1Cl)C(=O)CN(c1ccc(Br)cc1)S(=O)(=O)c1ccccc1. The van der Waals surface area contributed by atoms with Crippen LogP contribution in [0.3, 0.4) is 0 Å². The number of benzene rings is 3. The van der Waals surface area contributed by atoms with Gasteiger partial charge in [-0.05, 0) is 67.8 Å². The molecule has 0 radical (unpaired) electrons. The molecule has 0 aliphatic heterocycles. The van der Waals surface area contributed by atoms with E-state index in [-0.39, 0.29) is 23.4 Å². The van der Waals surface area contributed by atoms with Crippen molar-refractivity contribution in [2.24, 2.45) is 0 Å². The van der Waals surface area contributed by atoms with Crippen LogP contribution < -0.4 is 9.62 Å². The number of nitrogens with zero attached hydrogens (tertiary/aromatic N) is 2. The molecule has 1 fully saturated rings. The second-order valence-corrected chi connectivity index (χ2v) is 13.9. The molecule has 7 nitrogen and oxygen atoms in total. The van der Waals surface area contributed by atoms with Gasteiger partial charge in [0.2, 0.25) is 11.8 Å². The van der Waals surface area contributed by atoms with Crippen molar-refractivity contribution in [1.82, 2.24) is 10.2 Å². The number of amides is 2. The van der Waals surface area contributed by atoms with Crippen LogP contribution in [0.5, 0.6) is 0 Å². The van der Waals surface area contributed by atoms with E-state index in [4.69, 9.17) is 23.2 Å². The van der Waals surface area contributed by atoms with Gasteiger partial charge in [-0.1, -0.05) is 89.6 Å². The average molecular weight is 696 g/mol. The Kier molecular flexibility index (Phi) is 11.3. The molecule has 224 valence electrons. The fourth-order valence-electron chi connectivity index (χ4n) is 5.17. The lowest BCUT2D eigenvalue weighted by Gasteiger charge is -2.34. The molecule has 1 aliphatic carbocycles. The van der Waals surface area contributed by atoms with E-state index >= 15 is 0 Å². The Bertz CT molecular complexity index is 1460. The van der Waals surface area contributed by atoms with Crippen LogP contribution in [0.15, 0.2) is 82.2 Å². The van der Waals surface area contributed by atoms with Crippen molar-refractivity contribution in [2.45, 2.75) is 69.0 Å². The first kappa shape index (κ1) is 32.3. The summed E-state index contributed by atoms with van der Waals surface area (Å²) in [5.41, 5.74) is 0.796. The standard InChI is InChI=1S/C31H34BrCl2N3O4S/c1-2-29(31(39)35-23-10-5-3-6-11-23)36(20-26-27(33)14-9-15-28(26)34)30(38)21-37(24-18-16-22(32)17-19-24)42(40,41)25-12-7-4-8-13-25/h4,7-9,12-19,23,29H,2-3,5-6,10-11,20-21H2,1H3,(H,35,39). The predicted octanol–water partition coefficient (Wildman–Crippen LogP) is 7.21. The van der Waals surface area contributed by atoms with E-state index < -0.39 is 28.5 Å². The Morgan fingerprint density at radius 3 is 2.14 bits per heavy atom. The molecule has 2 amide bonds. The normalized spacial score (nSPS) is 14.7. The molecular weight excluding hydrogens is 661 g/mol. The van der Waals surface area contributed by atoms with Crippen LogP contribution in [-0.4, -0.2) is 43.8 Å². The summed E-state index contributed by atoms with van der Waals surface area (Å²) < 4.78 is 29.6. The highest BCUT2D eigenvalue weighted by Crippen LogP contribution is 2.29. The van der Waals surface area contributed by atoms with Crippen molar-refractivity contribution in [3.63, 3.8) is 0 Å². The zero-order valence-corrected chi connectivity index (χ0v) is 27.2. The van der Waals surface area contributed by atoms with Gasteiger partial charge in [0.1, 0.15) is 12.6 Å². The van der Waals surface area contributed by atoms with Crippen molar-refractivity contribution < 1.29 is 18.0 Å². The Morgan fingerprint density at radius 2 is 1.55 bits per heavy atom. The number of rotatable bonds is 11. The van der Waals surface area contributed by atoms with Gasteiger partial charge in [-0.3, -0.25) is 13.9 Å². The van der Waals surface area contributed by atoms with Gasteiger partial charge in [-0.25, -0.2) is 8.42 Å². The maximum atomic E-state index is 14.2. The third kappa shape index (κ3) is 7.86. The highest BCUT2D eigenvalue weighted by molar-refractivity contribution is 9.10. The molecule has 1 saturated carbocycles. The molecule has 1 unspecified atom stereocenters. The molecule has 0 heterocycles. The van der Waals surface area contributed by atoms with Gasteiger partial charge in [-0.2, -0.15) is 0 Å². The van der Waals surface area contributed by atoms with E-state index in [2.05, 4.69) is 21.2 Å². The van der Waals surface area contributed by atoms with Crippen LogP contribution >= 0.6 is 39.1 Å². The van der Waals surface area contributed by atoms with Crippen LogP contribution in [0, 0.1) is 0 Å². The summed E-state index contributed by atoms with van der Waals surface area (Å²) in [6.45, 7) is 1.23. The molecule has 0 spiro atoms. The topological polar surface area (TPSA) is 86.8 Å². The van der Waals surface area contributed by atoms with Crippen LogP contribution in [0.4, 0.5) is 5.69 Å². The van der Waals surface area contributed by atoms with Gasteiger partial charge in [0.15, 0.2) is 0 Å². The number of halogens is 3. The van der Waals surface area contributed by atoms with Crippen LogP contribution in [-0.2, 0) is 26.2 Å². The van der Waals surface area contributed by atoms with Crippen LogP contribution in [0.25, 0.3) is 0 Å². The number of sulfonamides is 1. The molecule has 1 N–H and O–H groups in total.